The molecule has 76 valence electrons. The van der Waals surface area contributed by atoms with E-state index in [1.54, 1.807) is 12.1 Å². The standard InChI is InChI=1S/C9H4Cl2N2O2/c10-6-4-12-9-5(8(6)11)2-1-3-7(9)13(14)15/h1-4H. The van der Waals surface area contributed by atoms with Crippen LogP contribution in [0, 0.1) is 10.1 Å². The van der Waals surface area contributed by atoms with Gasteiger partial charge in [-0.2, -0.15) is 0 Å². The average molecular weight is 243 g/mol. The summed E-state index contributed by atoms with van der Waals surface area (Å²) in [6.07, 6.45) is 1.30. The predicted octanol–water partition coefficient (Wildman–Crippen LogP) is 3.45. The molecule has 6 heteroatoms. The number of aromatic nitrogens is 1. The lowest BCUT2D eigenvalue weighted by Gasteiger charge is -2.01. The van der Waals surface area contributed by atoms with Crippen molar-refractivity contribution in [3.05, 3.63) is 44.6 Å². The molecule has 0 saturated carbocycles. The Hall–Kier alpha value is -1.39. The Morgan fingerprint density at radius 3 is 2.73 bits per heavy atom. The summed E-state index contributed by atoms with van der Waals surface area (Å²) in [5.41, 5.74) is 0.169. The Morgan fingerprint density at radius 1 is 1.33 bits per heavy atom. The van der Waals surface area contributed by atoms with Gasteiger partial charge in [0.2, 0.25) is 0 Å². The summed E-state index contributed by atoms with van der Waals surface area (Å²) in [7, 11) is 0. The van der Waals surface area contributed by atoms with Crippen molar-refractivity contribution >= 4 is 39.8 Å². The van der Waals surface area contributed by atoms with E-state index >= 15 is 0 Å². The van der Waals surface area contributed by atoms with Crippen molar-refractivity contribution in [3.63, 3.8) is 0 Å². The minimum Gasteiger partial charge on any atom is -0.258 e. The van der Waals surface area contributed by atoms with Crippen molar-refractivity contribution in [1.29, 1.82) is 0 Å². The predicted molar refractivity (Wildman–Crippen MR) is 58.4 cm³/mol. The van der Waals surface area contributed by atoms with Gasteiger partial charge in [0.15, 0.2) is 0 Å². The van der Waals surface area contributed by atoms with Crippen LogP contribution in [0.4, 0.5) is 5.69 Å². The van der Waals surface area contributed by atoms with Crippen molar-refractivity contribution < 1.29 is 4.92 Å². The van der Waals surface area contributed by atoms with Crippen molar-refractivity contribution in [3.8, 4) is 0 Å². The Morgan fingerprint density at radius 2 is 2.07 bits per heavy atom. The van der Waals surface area contributed by atoms with Gasteiger partial charge in [0.05, 0.1) is 15.0 Å². The van der Waals surface area contributed by atoms with Crippen molar-refractivity contribution in [2.75, 3.05) is 0 Å². The maximum absolute atomic E-state index is 10.7. The zero-order valence-corrected chi connectivity index (χ0v) is 8.79. The van der Waals surface area contributed by atoms with E-state index in [1.165, 1.54) is 12.3 Å². The van der Waals surface area contributed by atoms with Crippen LogP contribution in [0.15, 0.2) is 24.4 Å². The molecule has 0 aliphatic rings. The molecule has 1 aromatic carbocycles. The summed E-state index contributed by atoms with van der Waals surface area (Å²) in [6, 6.07) is 4.56. The molecule has 0 atom stereocenters. The maximum Gasteiger partial charge on any atom is 0.295 e. The van der Waals surface area contributed by atoms with E-state index in [9.17, 15) is 10.1 Å². The number of hydrogen-bond donors (Lipinski definition) is 0. The van der Waals surface area contributed by atoms with E-state index in [-0.39, 0.29) is 21.2 Å². The Kier molecular flexibility index (Phi) is 2.46. The number of fused-ring (bicyclic) bond motifs is 1. The second-order valence-corrected chi connectivity index (χ2v) is 3.64. The fourth-order valence-corrected chi connectivity index (χ4v) is 1.65. The molecule has 0 aliphatic carbocycles. The maximum atomic E-state index is 10.7. The molecule has 15 heavy (non-hydrogen) atoms. The molecule has 0 fully saturated rings. The highest BCUT2D eigenvalue weighted by molar-refractivity contribution is 6.45. The number of halogens is 2. The summed E-state index contributed by atoms with van der Waals surface area (Å²) >= 11 is 11.7. The average Bonchev–Trinajstić information content (AvgIpc) is 2.23. The molecular formula is C9H4Cl2N2O2. The molecule has 4 nitrogen and oxygen atoms in total. The van der Waals surface area contributed by atoms with Gasteiger partial charge < -0.3 is 0 Å². The van der Waals surface area contributed by atoms with Crippen LogP contribution < -0.4 is 0 Å². The lowest BCUT2D eigenvalue weighted by Crippen LogP contribution is -1.91. The molecule has 1 aromatic heterocycles. The molecular weight excluding hydrogens is 239 g/mol. The molecule has 0 aliphatic heterocycles. The summed E-state index contributed by atoms with van der Waals surface area (Å²) in [4.78, 5) is 14.1. The van der Waals surface area contributed by atoms with Crippen LogP contribution in [-0.2, 0) is 0 Å². The van der Waals surface area contributed by atoms with Gasteiger partial charge in [-0.3, -0.25) is 10.1 Å². The van der Waals surface area contributed by atoms with Crippen LogP contribution in [0.25, 0.3) is 10.9 Å². The largest absolute Gasteiger partial charge is 0.295 e. The highest BCUT2D eigenvalue weighted by atomic mass is 35.5. The third-order valence-electron chi connectivity index (χ3n) is 1.96. The van der Waals surface area contributed by atoms with Crippen LogP contribution in [-0.4, -0.2) is 9.91 Å². The first-order chi connectivity index (χ1) is 7.11. The lowest BCUT2D eigenvalue weighted by molar-refractivity contribution is -0.383. The van der Waals surface area contributed by atoms with Crippen LogP contribution in [0.3, 0.4) is 0 Å². The Labute approximate surface area is 94.6 Å². The van der Waals surface area contributed by atoms with Crippen LogP contribution in [0.2, 0.25) is 10.0 Å². The first-order valence-electron chi connectivity index (χ1n) is 3.98. The number of nitro benzene ring substituents is 1. The first kappa shape index (κ1) is 10.1. The van der Waals surface area contributed by atoms with E-state index in [0.717, 1.165) is 0 Å². The zero-order chi connectivity index (χ0) is 11.0. The number of nitro groups is 1. The van der Waals surface area contributed by atoms with Gasteiger partial charge in [-0.25, -0.2) is 4.98 Å². The molecule has 2 rings (SSSR count). The second kappa shape index (κ2) is 3.64. The number of para-hydroxylation sites is 1. The Balaban J connectivity index is 2.89. The molecule has 0 unspecified atom stereocenters. The summed E-state index contributed by atoms with van der Waals surface area (Å²) in [5.74, 6) is 0. The molecule has 0 bridgehead atoms. The minimum atomic E-state index is -0.500. The minimum absolute atomic E-state index is 0.0777. The van der Waals surface area contributed by atoms with Gasteiger partial charge in [-0.1, -0.05) is 35.3 Å². The molecule has 0 N–H and O–H groups in total. The van der Waals surface area contributed by atoms with Gasteiger partial charge in [0.25, 0.3) is 5.69 Å². The number of hydrogen-bond acceptors (Lipinski definition) is 3. The molecule has 0 radical (unpaired) electrons. The Bertz CT molecular complexity index is 557. The molecule has 0 amide bonds. The first-order valence-corrected chi connectivity index (χ1v) is 4.74. The molecule has 0 saturated heterocycles. The van der Waals surface area contributed by atoms with Crippen molar-refractivity contribution in [2.24, 2.45) is 0 Å². The highest BCUT2D eigenvalue weighted by Gasteiger charge is 2.15. The van der Waals surface area contributed by atoms with E-state index in [2.05, 4.69) is 4.98 Å². The lowest BCUT2D eigenvalue weighted by atomic mass is 10.2. The van der Waals surface area contributed by atoms with Crippen LogP contribution in [0.5, 0.6) is 0 Å². The van der Waals surface area contributed by atoms with Crippen molar-refractivity contribution in [1.82, 2.24) is 4.98 Å². The fraction of sp³-hybridized carbons (Fsp3) is 0. The molecule has 1 heterocycles. The number of nitrogens with zero attached hydrogens (tertiary/aromatic N) is 2. The topological polar surface area (TPSA) is 56.0 Å². The smallest absolute Gasteiger partial charge is 0.258 e. The van der Waals surface area contributed by atoms with Gasteiger partial charge in [0.1, 0.15) is 5.52 Å². The van der Waals surface area contributed by atoms with E-state index in [4.69, 9.17) is 23.2 Å². The number of pyridine rings is 1. The van der Waals surface area contributed by atoms with Gasteiger partial charge in [-0.05, 0) is 0 Å². The number of non-ortho nitro benzene ring substituents is 1. The van der Waals surface area contributed by atoms with Gasteiger partial charge in [-0.15, -0.1) is 0 Å². The monoisotopic (exact) mass is 242 g/mol. The van der Waals surface area contributed by atoms with E-state index in [0.29, 0.717) is 5.39 Å². The SMILES string of the molecule is O=[N+]([O-])c1cccc2c(Cl)c(Cl)cnc12. The summed E-state index contributed by atoms with van der Waals surface area (Å²) in [5, 5.41) is 11.8. The van der Waals surface area contributed by atoms with Gasteiger partial charge >= 0.3 is 0 Å². The number of rotatable bonds is 1. The van der Waals surface area contributed by atoms with E-state index < -0.39 is 4.92 Å². The zero-order valence-electron chi connectivity index (χ0n) is 7.28. The number of benzene rings is 1. The molecule has 2 aromatic rings. The fourth-order valence-electron chi connectivity index (χ4n) is 1.30. The summed E-state index contributed by atoms with van der Waals surface area (Å²) < 4.78 is 0. The third kappa shape index (κ3) is 1.62. The van der Waals surface area contributed by atoms with Crippen molar-refractivity contribution in [2.45, 2.75) is 0 Å². The second-order valence-electron chi connectivity index (χ2n) is 2.85. The molecule has 0 spiro atoms. The highest BCUT2D eigenvalue weighted by Crippen LogP contribution is 2.32. The van der Waals surface area contributed by atoms with Crippen LogP contribution >= 0.6 is 23.2 Å². The van der Waals surface area contributed by atoms with Crippen LogP contribution in [0.1, 0.15) is 0 Å². The third-order valence-corrected chi connectivity index (χ3v) is 2.76. The summed E-state index contributed by atoms with van der Waals surface area (Å²) in [6.45, 7) is 0. The normalized spacial score (nSPS) is 10.5. The van der Waals surface area contributed by atoms with E-state index in [1.807, 2.05) is 0 Å². The van der Waals surface area contributed by atoms with Gasteiger partial charge in [0, 0.05) is 17.6 Å². The quantitative estimate of drug-likeness (QED) is 0.569.